The summed E-state index contributed by atoms with van der Waals surface area (Å²) in [6, 6.07) is 10.8. The number of hydrogen-bond acceptors (Lipinski definition) is 1. The number of hydrogen-bond donors (Lipinski definition) is 0. The van der Waals surface area contributed by atoms with Crippen LogP contribution in [0.1, 0.15) is 90.5 Å². The van der Waals surface area contributed by atoms with Crippen molar-refractivity contribution in [1.82, 2.24) is 0 Å². The van der Waals surface area contributed by atoms with Gasteiger partial charge < -0.3 is 4.74 Å². The summed E-state index contributed by atoms with van der Waals surface area (Å²) in [6.07, 6.45) is 12.7. The SMILES string of the molecule is CCCCCCCCOc1ccc(-c2ccc(C3CCCCC3)c(F)c2F)cc1.[HH]. The average Bonchev–Trinajstić information content (AvgIpc) is 2.76. The van der Waals surface area contributed by atoms with Crippen LogP contribution < -0.4 is 4.74 Å². The van der Waals surface area contributed by atoms with Crippen LogP contribution in [0.15, 0.2) is 36.4 Å². The molecule has 0 atom stereocenters. The second kappa shape index (κ2) is 11.3. The van der Waals surface area contributed by atoms with Gasteiger partial charge in [0.15, 0.2) is 11.6 Å². The lowest BCUT2D eigenvalue weighted by molar-refractivity contribution is 0.304. The van der Waals surface area contributed by atoms with Crippen molar-refractivity contribution in [1.29, 1.82) is 0 Å². The van der Waals surface area contributed by atoms with Crippen LogP contribution in [0.25, 0.3) is 11.1 Å². The van der Waals surface area contributed by atoms with E-state index >= 15 is 0 Å². The molecule has 1 aliphatic carbocycles. The summed E-state index contributed by atoms with van der Waals surface area (Å²) >= 11 is 0. The Morgan fingerprint density at radius 3 is 2.24 bits per heavy atom. The molecule has 0 heterocycles. The fourth-order valence-corrected chi connectivity index (χ4v) is 4.32. The van der Waals surface area contributed by atoms with Crippen molar-refractivity contribution in [2.75, 3.05) is 6.61 Å². The maximum absolute atomic E-state index is 14.8. The normalized spacial score (nSPS) is 14.9. The van der Waals surface area contributed by atoms with E-state index in [0.29, 0.717) is 23.3 Å². The third-order valence-electron chi connectivity index (χ3n) is 6.09. The van der Waals surface area contributed by atoms with Gasteiger partial charge in [0.25, 0.3) is 0 Å². The zero-order valence-electron chi connectivity index (χ0n) is 17.7. The molecule has 1 saturated carbocycles. The summed E-state index contributed by atoms with van der Waals surface area (Å²) in [4.78, 5) is 0. The van der Waals surface area contributed by atoms with Crippen molar-refractivity contribution in [3.8, 4) is 16.9 Å². The first-order valence-electron chi connectivity index (χ1n) is 11.4. The van der Waals surface area contributed by atoms with Gasteiger partial charge in [-0.15, -0.1) is 0 Å². The Balaban J connectivity index is 0.00000320. The van der Waals surface area contributed by atoms with Gasteiger partial charge >= 0.3 is 0 Å². The molecule has 0 amide bonds. The predicted molar refractivity (Wildman–Crippen MR) is 119 cm³/mol. The quantitative estimate of drug-likeness (QED) is 0.361. The Morgan fingerprint density at radius 2 is 1.52 bits per heavy atom. The number of halogens is 2. The molecular weight excluding hydrogens is 366 g/mol. The van der Waals surface area contributed by atoms with E-state index in [1.807, 2.05) is 24.3 Å². The average molecular weight is 403 g/mol. The Kier molecular flexibility index (Phi) is 8.52. The van der Waals surface area contributed by atoms with E-state index in [1.54, 1.807) is 12.1 Å². The summed E-state index contributed by atoms with van der Waals surface area (Å²) in [5.74, 6) is -0.460. The first kappa shape index (κ1) is 21.8. The molecule has 0 unspecified atom stereocenters. The fourth-order valence-electron chi connectivity index (χ4n) is 4.32. The summed E-state index contributed by atoms with van der Waals surface area (Å²) in [6.45, 7) is 2.92. The molecule has 0 bridgehead atoms. The highest BCUT2D eigenvalue weighted by Crippen LogP contribution is 2.37. The Morgan fingerprint density at radius 1 is 0.828 bits per heavy atom. The molecule has 1 nitrogen and oxygen atoms in total. The third-order valence-corrected chi connectivity index (χ3v) is 6.09. The molecule has 2 aromatic rings. The molecule has 1 aliphatic rings. The second-order valence-electron chi connectivity index (χ2n) is 8.31. The molecule has 160 valence electrons. The van der Waals surface area contributed by atoms with Gasteiger partial charge in [0.05, 0.1) is 6.61 Å². The minimum absolute atomic E-state index is 0. The van der Waals surface area contributed by atoms with E-state index in [2.05, 4.69) is 6.92 Å². The first-order chi connectivity index (χ1) is 14.2. The molecule has 0 aromatic heterocycles. The van der Waals surface area contributed by atoms with Crippen LogP contribution in [0.2, 0.25) is 0 Å². The standard InChI is InChI=1S/C26H34F2O.H2/c1-2-3-4-5-6-10-19-29-22-15-13-21(14-16-22)24-18-17-23(25(27)26(24)28)20-11-8-7-9-12-20;/h13-18,20H,2-12,19H2,1H3;1H. The van der Waals surface area contributed by atoms with E-state index in [-0.39, 0.29) is 7.34 Å². The zero-order chi connectivity index (χ0) is 20.5. The van der Waals surface area contributed by atoms with Crippen molar-refractivity contribution in [3.63, 3.8) is 0 Å². The molecule has 3 heteroatoms. The Bertz CT molecular complexity index is 754. The van der Waals surface area contributed by atoms with Gasteiger partial charge in [-0.05, 0) is 48.4 Å². The number of ether oxygens (including phenoxy) is 1. The van der Waals surface area contributed by atoms with Crippen LogP contribution >= 0.6 is 0 Å². The minimum atomic E-state index is -0.728. The molecular formula is C26H36F2O. The van der Waals surface area contributed by atoms with E-state index in [4.69, 9.17) is 4.74 Å². The Hall–Kier alpha value is -1.90. The van der Waals surface area contributed by atoms with Crippen LogP contribution in [-0.2, 0) is 0 Å². The zero-order valence-corrected chi connectivity index (χ0v) is 17.7. The second-order valence-corrected chi connectivity index (χ2v) is 8.31. The molecule has 3 rings (SSSR count). The number of unbranched alkanes of at least 4 members (excludes halogenated alkanes) is 5. The summed E-state index contributed by atoms with van der Waals surface area (Å²) in [5.41, 5.74) is 1.55. The molecule has 0 aliphatic heterocycles. The van der Waals surface area contributed by atoms with Gasteiger partial charge in [0.1, 0.15) is 5.75 Å². The van der Waals surface area contributed by atoms with E-state index < -0.39 is 11.6 Å². The summed E-state index contributed by atoms with van der Waals surface area (Å²) < 4.78 is 35.3. The molecule has 0 N–H and O–H groups in total. The molecule has 0 spiro atoms. The van der Waals surface area contributed by atoms with Crippen molar-refractivity contribution < 1.29 is 14.9 Å². The monoisotopic (exact) mass is 402 g/mol. The maximum atomic E-state index is 14.8. The van der Waals surface area contributed by atoms with E-state index in [1.165, 1.54) is 38.5 Å². The molecule has 0 saturated heterocycles. The first-order valence-corrected chi connectivity index (χ1v) is 11.4. The van der Waals surface area contributed by atoms with Crippen LogP contribution in [-0.4, -0.2) is 6.61 Å². The van der Waals surface area contributed by atoms with Gasteiger partial charge in [-0.3, -0.25) is 0 Å². The van der Waals surface area contributed by atoms with Gasteiger partial charge in [0.2, 0.25) is 0 Å². The van der Waals surface area contributed by atoms with Crippen molar-refractivity contribution in [2.45, 2.75) is 83.5 Å². The van der Waals surface area contributed by atoms with Gasteiger partial charge in [-0.25, -0.2) is 8.78 Å². The third kappa shape index (κ3) is 6.04. The van der Waals surface area contributed by atoms with Crippen LogP contribution in [0.4, 0.5) is 8.78 Å². The van der Waals surface area contributed by atoms with Crippen molar-refractivity contribution in [3.05, 3.63) is 53.6 Å². The minimum Gasteiger partial charge on any atom is -0.494 e. The lowest BCUT2D eigenvalue weighted by atomic mass is 9.83. The molecule has 0 radical (unpaired) electrons. The molecule has 2 aromatic carbocycles. The van der Waals surface area contributed by atoms with Gasteiger partial charge in [0, 0.05) is 6.99 Å². The number of benzene rings is 2. The highest BCUT2D eigenvalue weighted by atomic mass is 19.2. The smallest absolute Gasteiger partial charge is 0.166 e. The van der Waals surface area contributed by atoms with Crippen molar-refractivity contribution >= 4 is 0 Å². The van der Waals surface area contributed by atoms with Crippen LogP contribution in [0, 0.1) is 11.6 Å². The fraction of sp³-hybridized carbons (Fsp3) is 0.538. The van der Waals surface area contributed by atoms with E-state index in [0.717, 1.165) is 37.9 Å². The largest absolute Gasteiger partial charge is 0.494 e. The van der Waals surface area contributed by atoms with Crippen molar-refractivity contribution in [2.24, 2.45) is 0 Å². The molecule has 1 fully saturated rings. The molecule has 29 heavy (non-hydrogen) atoms. The lowest BCUT2D eigenvalue weighted by Gasteiger charge is -2.23. The predicted octanol–water partition coefficient (Wildman–Crippen LogP) is 8.66. The maximum Gasteiger partial charge on any atom is 0.166 e. The highest BCUT2D eigenvalue weighted by molar-refractivity contribution is 5.65. The number of rotatable bonds is 10. The summed E-state index contributed by atoms with van der Waals surface area (Å²) in [5, 5.41) is 0. The Labute approximate surface area is 176 Å². The van der Waals surface area contributed by atoms with Gasteiger partial charge in [-0.2, -0.15) is 0 Å². The summed E-state index contributed by atoms with van der Waals surface area (Å²) in [7, 11) is 0. The van der Waals surface area contributed by atoms with E-state index in [9.17, 15) is 8.78 Å². The highest BCUT2D eigenvalue weighted by Gasteiger charge is 2.22. The lowest BCUT2D eigenvalue weighted by Crippen LogP contribution is -2.08. The van der Waals surface area contributed by atoms with Gasteiger partial charge in [-0.1, -0.05) is 82.6 Å². The van der Waals surface area contributed by atoms with Crippen LogP contribution in [0.5, 0.6) is 5.75 Å². The van der Waals surface area contributed by atoms with Crippen LogP contribution in [0.3, 0.4) is 0 Å². The topological polar surface area (TPSA) is 9.23 Å².